The van der Waals surface area contributed by atoms with Gasteiger partial charge in [-0.15, -0.1) is 0 Å². The maximum Gasteiger partial charge on any atom is 0.188 e. The summed E-state index contributed by atoms with van der Waals surface area (Å²) < 4.78 is 0. The van der Waals surface area contributed by atoms with Gasteiger partial charge in [-0.2, -0.15) is 0 Å². The molecular formula is C30H22N2O2. The van der Waals surface area contributed by atoms with Crippen molar-refractivity contribution in [3.8, 4) is 17.0 Å². The molecular weight excluding hydrogens is 420 g/mol. The van der Waals surface area contributed by atoms with Crippen LogP contribution < -0.4 is 0 Å². The lowest BCUT2D eigenvalue weighted by Crippen LogP contribution is -1.95. The molecule has 0 fully saturated rings. The summed E-state index contributed by atoms with van der Waals surface area (Å²) in [4.78, 5) is 21.2. The van der Waals surface area contributed by atoms with Gasteiger partial charge in [-0.3, -0.25) is 9.79 Å². The number of aromatic amines is 1. The summed E-state index contributed by atoms with van der Waals surface area (Å²) in [6.07, 6.45) is 4.90. The van der Waals surface area contributed by atoms with E-state index in [0.29, 0.717) is 16.8 Å². The van der Waals surface area contributed by atoms with E-state index in [4.69, 9.17) is 4.99 Å². The number of fused-ring (bicyclic) bond motifs is 1. The first-order valence-electron chi connectivity index (χ1n) is 11.0. The van der Waals surface area contributed by atoms with Gasteiger partial charge in [-0.1, -0.05) is 78.9 Å². The van der Waals surface area contributed by atoms with E-state index in [1.165, 1.54) is 6.08 Å². The zero-order chi connectivity index (χ0) is 23.3. The molecule has 34 heavy (non-hydrogen) atoms. The van der Waals surface area contributed by atoms with E-state index in [0.717, 1.165) is 27.7 Å². The second-order valence-electron chi connectivity index (χ2n) is 7.86. The van der Waals surface area contributed by atoms with Crippen LogP contribution in [0.4, 0.5) is 5.69 Å². The Kier molecular flexibility index (Phi) is 5.87. The van der Waals surface area contributed by atoms with Crippen LogP contribution in [0.5, 0.6) is 5.75 Å². The minimum atomic E-state index is -0.182. The Hall–Kier alpha value is -4.70. The number of aliphatic imine (C=N–C) groups is 1. The van der Waals surface area contributed by atoms with Gasteiger partial charge in [-0.25, -0.2) is 0 Å². The lowest BCUT2D eigenvalue weighted by Gasteiger charge is -2.04. The number of aromatic hydroxyl groups is 1. The van der Waals surface area contributed by atoms with Crippen LogP contribution in [-0.4, -0.2) is 22.1 Å². The Labute approximate surface area is 197 Å². The van der Waals surface area contributed by atoms with Crippen molar-refractivity contribution < 1.29 is 9.90 Å². The zero-order valence-corrected chi connectivity index (χ0v) is 18.3. The van der Waals surface area contributed by atoms with Crippen molar-refractivity contribution in [3.63, 3.8) is 0 Å². The van der Waals surface area contributed by atoms with Gasteiger partial charge in [0.2, 0.25) is 0 Å². The first-order valence-corrected chi connectivity index (χ1v) is 11.0. The number of carbonyl (C=O) groups is 1. The number of nitrogens with one attached hydrogen (secondary N) is 1. The average molecular weight is 443 g/mol. The second kappa shape index (κ2) is 9.43. The molecule has 0 radical (unpaired) electrons. The number of aromatic nitrogens is 1. The fourth-order valence-corrected chi connectivity index (χ4v) is 3.94. The summed E-state index contributed by atoms with van der Waals surface area (Å²) in [5, 5.41) is 11.0. The van der Waals surface area contributed by atoms with Crippen molar-refractivity contribution in [1.29, 1.82) is 0 Å². The van der Waals surface area contributed by atoms with Crippen LogP contribution in [-0.2, 0) is 0 Å². The smallest absolute Gasteiger partial charge is 0.188 e. The number of carbonyl (C=O) groups excluding carboxylic acids is 1. The fraction of sp³-hybridized carbons (Fsp3) is 0. The predicted molar refractivity (Wildman–Crippen MR) is 139 cm³/mol. The van der Waals surface area contributed by atoms with E-state index in [1.54, 1.807) is 30.3 Å². The van der Waals surface area contributed by atoms with Gasteiger partial charge < -0.3 is 10.1 Å². The van der Waals surface area contributed by atoms with Gasteiger partial charge in [-0.05, 0) is 42.0 Å². The Bertz CT molecular complexity index is 1530. The highest BCUT2D eigenvalue weighted by atomic mass is 16.3. The lowest BCUT2D eigenvalue weighted by molar-refractivity contribution is 0.104. The molecule has 1 heterocycles. The monoisotopic (exact) mass is 442 g/mol. The molecule has 0 amide bonds. The number of hydrogen-bond acceptors (Lipinski definition) is 3. The summed E-state index contributed by atoms with van der Waals surface area (Å²) in [5.74, 6) is -0.0520. The lowest BCUT2D eigenvalue weighted by atomic mass is 10.1. The molecule has 4 aromatic carbocycles. The van der Waals surface area contributed by atoms with Crippen molar-refractivity contribution in [2.75, 3.05) is 0 Å². The largest absolute Gasteiger partial charge is 0.507 e. The Morgan fingerprint density at radius 3 is 2.35 bits per heavy atom. The minimum absolute atomic E-state index is 0.130. The van der Waals surface area contributed by atoms with E-state index in [-0.39, 0.29) is 11.5 Å². The number of H-pyrrole nitrogens is 1. The Morgan fingerprint density at radius 1 is 0.794 bits per heavy atom. The molecule has 0 spiro atoms. The minimum Gasteiger partial charge on any atom is -0.507 e. The highest BCUT2D eigenvalue weighted by molar-refractivity contribution is 6.11. The van der Waals surface area contributed by atoms with Crippen LogP contribution in [0.2, 0.25) is 0 Å². The molecule has 5 aromatic rings. The summed E-state index contributed by atoms with van der Waals surface area (Å²) in [6, 6.07) is 32.4. The number of nitrogens with zero attached hydrogens (tertiary/aromatic N) is 1. The van der Waals surface area contributed by atoms with Gasteiger partial charge in [0.15, 0.2) is 5.78 Å². The van der Waals surface area contributed by atoms with Crippen molar-refractivity contribution in [3.05, 3.63) is 126 Å². The predicted octanol–water partition coefficient (Wildman–Crippen LogP) is 7.19. The van der Waals surface area contributed by atoms with Crippen molar-refractivity contribution in [1.82, 2.24) is 4.98 Å². The molecule has 5 rings (SSSR count). The molecule has 4 heteroatoms. The summed E-state index contributed by atoms with van der Waals surface area (Å²) in [5.41, 5.74) is 5.70. The molecule has 0 aliphatic rings. The van der Waals surface area contributed by atoms with Gasteiger partial charge in [0.1, 0.15) is 5.75 Å². The molecule has 0 saturated heterocycles. The molecule has 1 aromatic heterocycles. The van der Waals surface area contributed by atoms with Crippen LogP contribution in [0.3, 0.4) is 0 Å². The SMILES string of the molecule is O=C(/C=C/c1ccccc1O)c1ccccc1N=Cc1c(-c2ccccc2)[nH]c2ccccc12. The number of hydrogen-bond donors (Lipinski definition) is 2. The van der Waals surface area contributed by atoms with Gasteiger partial charge in [0, 0.05) is 33.8 Å². The molecule has 0 saturated carbocycles. The van der Waals surface area contributed by atoms with Crippen molar-refractivity contribution >= 4 is 34.7 Å². The van der Waals surface area contributed by atoms with Crippen LogP contribution in [0.25, 0.3) is 28.2 Å². The molecule has 0 unspecified atom stereocenters. The summed E-state index contributed by atoms with van der Waals surface area (Å²) in [7, 11) is 0. The highest BCUT2D eigenvalue weighted by Crippen LogP contribution is 2.30. The third kappa shape index (κ3) is 4.30. The van der Waals surface area contributed by atoms with Gasteiger partial charge >= 0.3 is 0 Å². The normalized spacial score (nSPS) is 11.5. The third-order valence-corrected chi connectivity index (χ3v) is 5.66. The number of phenolic OH excluding ortho intramolecular Hbond substituents is 1. The maximum absolute atomic E-state index is 13.0. The van der Waals surface area contributed by atoms with E-state index in [2.05, 4.69) is 23.2 Å². The standard InChI is InChI=1S/C30H22N2O2/c33-28-17-9-4-10-21(28)18-19-29(34)24-14-6-7-15-26(24)31-20-25-23-13-5-8-16-27(23)32-30(25)22-11-2-1-3-12-22/h1-20,32-33H/b19-18+,31-20?. The van der Waals surface area contributed by atoms with Crippen LogP contribution in [0, 0.1) is 0 Å². The first-order chi connectivity index (χ1) is 16.7. The summed E-state index contributed by atoms with van der Waals surface area (Å²) in [6.45, 7) is 0. The van der Waals surface area contributed by atoms with Crippen molar-refractivity contribution in [2.24, 2.45) is 4.99 Å². The molecule has 0 bridgehead atoms. The highest BCUT2D eigenvalue weighted by Gasteiger charge is 2.12. The maximum atomic E-state index is 13.0. The molecule has 164 valence electrons. The van der Waals surface area contributed by atoms with Crippen molar-refractivity contribution in [2.45, 2.75) is 0 Å². The molecule has 0 aliphatic carbocycles. The molecule has 0 aliphatic heterocycles. The Balaban J connectivity index is 1.52. The van der Waals surface area contributed by atoms with Gasteiger partial charge in [0.25, 0.3) is 0 Å². The zero-order valence-electron chi connectivity index (χ0n) is 18.3. The van der Waals surface area contributed by atoms with E-state index >= 15 is 0 Å². The quantitative estimate of drug-likeness (QED) is 0.166. The van der Waals surface area contributed by atoms with E-state index in [1.807, 2.05) is 66.9 Å². The molecule has 2 N–H and O–H groups in total. The molecule has 4 nitrogen and oxygen atoms in total. The topological polar surface area (TPSA) is 65.4 Å². The number of allylic oxidation sites excluding steroid dienone is 1. The number of ketones is 1. The molecule has 0 atom stereocenters. The second-order valence-corrected chi connectivity index (χ2v) is 7.86. The number of phenols is 1. The Morgan fingerprint density at radius 2 is 1.50 bits per heavy atom. The number of rotatable bonds is 6. The van der Waals surface area contributed by atoms with Crippen LogP contribution >= 0.6 is 0 Å². The van der Waals surface area contributed by atoms with E-state index < -0.39 is 0 Å². The first kappa shape index (κ1) is 21.2. The van der Waals surface area contributed by atoms with Crippen LogP contribution in [0.15, 0.2) is 114 Å². The number of benzene rings is 4. The number of para-hydroxylation sites is 3. The van der Waals surface area contributed by atoms with Crippen LogP contribution in [0.1, 0.15) is 21.5 Å². The summed E-state index contributed by atoms with van der Waals surface area (Å²) >= 11 is 0. The third-order valence-electron chi connectivity index (χ3n) is 5.66. The average Bonchev–Trinajstić information content (AvgIpc) is 3.26. The van der Waals surface area contributed by atoms with E-state index in [9.17, 15) is 9.90 Å². The fourth-order valence-electron chi connectivity index (χ4n) is 3.94. The van der Waals surface area contributed by atoms with Gasteiger partial charge in [0.05, 0.1) is 11.4 Å².